The molecule has 7 heteroatoms. The summed E-state index contributed by atoms with van der Waals surface area (Å²) in [5, 5.41) is 15.4. The van der Waals surface area contributed by atoms with Crippen LogP contribution in [0.15, 0.2) is 34.2 Å². The second kappa shape index (κ2) is 7.52. The smallest absolute Gasteiger partial charge is 0.280 e. The van der Waals surface area contributed by atoms with E-state index in [1.807, 2.05) is 12.1 Å². The molecular formula is C24H27N5O2. The van der Waals surface area contributed by atoms with E-state index in [1.165, 1.54) is 55.0 Å². The Morgan fingerprint density at radius 1 is 1.23 bits per heavy atom. The van der Waals surface area contributed by atoms with Crippen molar-refractivity contribution in [2.45, 2.75) is 57.3 Å². The van der Waals surface area contributed by atoms with Gasteiger partial charge in [-0.1, -0.05) is 12.1 Å². The maximum absolute atomic E-state index is 12.9. The van der Waals surface area contributed by atoms with Crippen molar-refractivity contribution in [1.29, 1.82) is 5.26 Å². The highest BCUT2D eigenvalue weighted by Crippen LogP contribution is 2.60. The van der Waals surface area contributed by atoms with Gasteiger partial charge in [-0.3, -0.25) is 14.7 Å². The van der Waals surface area contributed by atoms with Gasteiger partial charge in [-0.2, -0.15) is 10.4 Å². The normalized spacial score (nSPS) is 28.7. The molecule has 4 fully saturated rings. The van der Waals surface area contributed by atoms with Crippen LogP contribution in [0.25, 0.3) is 5.69 Å². The molecule has 6 rings (SSSR count). The molecule has 0 unspecified atom stereocenters. The van der Waals surface area contributed by atoms with E-state index in [-0.39, 0.29) is 12.0 Å². The minimum Gasteiger partial charge on any atom is -0.295 e. The highest BCUT2D eigenvalue weighted by molar-refractivity contribution is 5.83. The van der Waals surface area contributed by atoms with E-state index in [2.05, 4.69) is 27.8 Å². The molecule has 0 atom stereocenters. The van der Waals surface area contributed by atoms with Gasteiger partial charge in [-0.25, -0.2) is 10.1 Å². The second-order valence-corrected chi connectivity index (χ2v) is 9.66. The van der Waals surface area contributed by atoms with E-state index < -0.39 is 5.91 Å². The zero-order chi connectivity index (χ0) is 21.6. The van der Waals surface area contributed by atoms with Crippen LogP contribution in [-0.4, -0.2) is 21.9 Å². The third kappa shape index (κ3) is 3.50. The van der Waals surface area contributed by atoms with Gasteiger partial charge in [0.15, 0.2) is 0 Å². The molecule has 4 aliphatic rings. The third-order valence-corrected chi connectivity index (χ3v) is 7.52. The van der Waals surface area contributed by atoms with Crippen LogP contribution in [0.4, 0.5) is 0 Å². The lowest BCUT2D eigenvalue weighted by atomic mass is 9.48. The summed E-state index contributed by atoms with van der Waals surface area (Å²) in [6, 6.07) is 10.2. The van der Waals surface area contributed by atoms with Gasteiger partial charge < -0.3 is 0 Å². The molecule has 0 saturated heterocycles. The lowest BCUT2D eigenvalue weighted by molar-refractivity contribution is -0.120. The Hall–Kier alpha value is -3.14. The molecule has 2 aromatic rings. The molecule has 1 aromatic heterocycles. The summed E-state index contributed by atoms with van der Waals surface area (Å²) < 4.78 is 1.51. The maximum atomic E-state index is 12.9. The predicted molar refractivity (Wildman–Crippen MR) is 117 cm³/mol. The molecule has 31 heavy (non-hydrogen) atoms. The van der Waals surface area contributed by atoms with Crippen molar-refractivity contribution in [2.24, 2.45) is 22.9 Å². The minimum absolute atomic E-state index is 0.224. The van der Waals surface area contributed by atoms with Gasteiger partial charge in [0, 0.05) is 5.69 Å². The Labute approximate surface area is 181 Å². The van der Waals surface area contributed by atoms with Gasteiger partial charge in [0.1, 0.15) is 6.42 Å². The van der Waals surface area contributed by atoms with Crippen molar-refractivity contribution in [1.82, 2.24) is 15.2 Å². The van der Waals surface area contributed by atoms with Gasteiger partial charge >= 0.3 is 0 Å². The number of nitrogens with zero attached hydrogens (tertiary/aromatic N) is 3. The highest BCUT2D eigenvalue weighted by Gasteiger charge is 2.51. The molecule has 1 aromatic carbocycles. The number of benzene rings is 1. The van der Waals surface area contributed by atoms with Crippen molar-refractivity contribution in [3.8, 4) is 11.8 Å². The van der Waals surface area contributed by atoms with E-state index in [1.54, 1.807) is 13.0 Å². The number of hydrazone groups is 1. The molecular weight excluding hydrogens is 390 g/mol. The summed E-state index contributed by atoms with van der Waals surface area (Å²) in [5.41, 5.74) is 5.61. The molecule has 4 aliphatic carbocycles. The number of aromatic amines is 1. The average molecular weight is 418 g/mol. The number of amides is 1. The number of H-pyrrole nitrogens is 1. The number of aryl methyl sites for hydroxylation is 1. The summed E-state index contributed by atoms with van der Waals surface area (Å²) in [6.07, 6.45) is 9.28. The molecule has 0 radical (unpaired) electrons. The first-order valence-corrected chi connectivity index (χ1v) is 11.1. The van der Waals surface area contributed by atoms with Crippen LogP contribution in [0.2, 0.25) is 0 Å². The van der Waals surface area contributed by atoms with Crippen molar-refractivity contribution < 1.29 is 4.79 Å². The average Bonchev–Trinajstić information content (AvgIpc) is 3.01. The van der Waals surface area contributed by atoms with E-state index >= 15 is 0 Å². The molecule has 7 nitrogen and oxygen atoms in total. The van der Waals surface area contributed by atoms with Crippen molar-refractivity contribution in [3.63, 3.8) is 0 Å². The number of rotatable bonds is 5. The third-order valence-electron chi connectivity index (χ3n) is 7.52. The van der Waals surface area contributed by atoms with Crippen LogP contribution in [0.5, 0.6) is 0 Å². The topological polar surface area (TPSA) is 103 Å². The van der Waals surface area contributed by atoms with E-state index in [0.717, 1.165) is 23.4 Å². The zero-order valence-electron chi connectivity index (χ0n) is 17.7. The Balaban J connectivity index is 1.37. The maximum Gasteiger partial charge on any atom is 0.280 e. The summed E-state index contributed by atoms with van der Waals surface area (Å²) in [6.45, 7) is 1.79. The Morgan fingerprint density at radius 2 is 1.84 bits per heavy atom. The van der Waals surface area contributed by atoms with Crippen LogP contribution < -0.4 is 11.0 Å². The van der Waals surface area contributed by atoms with Gasteiger partial charge in [0.25, 0.3) is 11.5 Å². The summed E-state index contributed by atoms with van der Waals surface area (Å²) in [7, 11) is 0. The minimum atomic E-state index is -0.507. The van der Waals surface area contributed by atoms with Gasteiger partial charge in [0.2, 0.25) is 0 Å². The van der Waals surface area contributed by atoms with Crippen molar-refractivity contribution in [2.75, 3.05) is 0 Å². The second-order valence-electron chi connectivity index (χ2n) is 9.66. The zero-order valence-corrected chi connectivity index (χ0v) is 17.7. The van der Waals surface area contributed by atoms with Crippen LogP contribution in [0, 0.1) is 36.0 Å². The number of aromatic nitrogens is 2. The van der Waals surface area contributed by atoms with E-state index in [0.29, 0.717) is 16.7 Å². The Morgan fingerprint density at radius 3 is 2.42 bits per heavy atom. The number of nitriles is 1. The molecule has 160 valence electrons. The standard InChI is InChI=1S/C24H27N5O2/c1-15-21(14-26-27-22(30)6-7-25)23(31)29(28-15)20-4-2-19(3-5-20)24-11-16-8-17(12-24)10-18(9-16)13-24/h2-5,14,16-18,28H,6,8-13H2,1H3,(H,27,30). The first-order valence-electron chi connectivity index (χ1n) is 11.1. The monoisotopic (exact) mass is 417 g/mol. The van der Waals surface area contributed by atoms with Gasteiger partial charge in [-0.05, 0) is 86.3 Å². The van der Waals surface area contributed by atoms with Crippen LogP contribution >= 0.6 is 0 Å². The fourth-order valence-electron chi connectivity index (χ4n) is 6.60. The lowest BCUT2D eigenvalue weighted by Crippen LogP contribution is -2.48. The Bertz CT molecular complexity index is 1100. The van der Waals surface area contributed by atoms with E-state index in [9.17, 15) is 9.59 Å². The fourth-order valence-corrected chi connectivity index (χ4v) is 6.60. The van der Waals surface area contributed by atoms with E-state index in [4.69, 9.17) is 5.26 Å². The molecule has 0 spiro atoms. The van der Waals surface area contributed by atoms with Crippen LogP contribution in [0.3, 0.4) is 0 Å². The quantitative estimate of drug-likeness (QED) is 0.576. The van der Waals surface area contributed by atoms with Crippen molar-refractivity contribution >= 4 is 12.1 Å². The van der Waals surface area contributed by atoms with Crippen LogP contribution in [0.1, 0.15) is 61.8 Å². The molecule has 0 aliphatic heterocycles. The highest BCUT2D eigenvalue weighted by atomic mass is 16.2. The van der Waals surface area contributed by atoms with Crippen molar-refractivity contribution in [3.05, 3.63) is 51.4 Å². The summed E-state index contributed by atoms with van der Waals surface area (Å²) in [5.74, 6) is 2.19. The number of carbonyl (C=O) groups is 1. The SMILES string of the molecule is Cc1[nH]n(-c2ccc(C34CC5CC(CC(C5)C3)C4)cc2)c(=O)c1C=NNC(=O)CC#N. The predicted octanol–water partition coefficient (Wildman–Crippen LogP) is 3.31. The molecule has 1 amide bonds. The Kier molecular flexibility index (Phi) is 4.81. The summed E-state index contributed by atoms with van der Waals surface area (Å²) >= 11 is 0. The molecule has 1 heterocycles. The number of nitrogens with one attached hydrogen (secondary N) is 2. The number of hydrogen-bond donors (Lipinski definition) is 2. The van der Waals surface area contributed by atoms with Gasteiger partial charge in [0.05, 0.1) is 23.5 Å². The van der Waals surface area contributed by atoms with Crippen LogP contribution in [-0.2, 0) is 10.2 Å². The van der Waals surface area contributed by atoms with Gasteiger partial charge in [-0.15, -0.1) is 0 Å². The summed E-state index contributed by atoms with van der Waals surface area (Å²) in [4.78, 5) is 24.2. The number of hydrogen-bond acceptors (Lipinski definition) is 4. The molecule has 4 saturated carbocycles. The number of carbonyl (C=O) groups excluding carboxylic acids is 1. The first-order chi connectivity index (χ1) is 15.0. The first kappa shape index (κ1) is 19.8. The fraction of sp³-hybridized carbons (Fsp3) is 0.500. The molecule has 2 N–H and O–H groups in total. The molecule has 4 bridgehead atoms. The lowest BCUT2D eigenvalue weighted by Gasteiger charge is -2.57. The largest absolute Gasteiger partial charge is 0.295 e.